The monoisotopic (exact) mass is 615 g/mol. The minimum absolute atomic E-state index is 0.0795. The average molecular weight is 617 g/mol. The van der Waals surface area contributed by atoms with E-state index in [0.29, 0.717) is 56.8 Å². The molecule has 5 rings (SSSR count). The lowest BCUT2D eigenvalue weighted by molar-refractivity contribution is -0.154. The van der Waals surface area contributed by atoms with Crippen molar-refractivity contribution in [2.24, 2.45) is 17.8 Å². The normalized spacial score (nSPS) is 24.9. The first-order valence-electron chi connectivity index (χ1n) is 14.3. The molecule has 4 atom stereocenters. The molecular formula is C29H38BrN5O5. The summed E-state index contributed by atoms with van der Waals surface area (Å²) in [6.07, 6.45) is 5.70. The number of hydrogen-bond donors (Lipinski definition) is 1. The molecule has 3 heterocycles. The molecule has 0 spiro atoms. The number of carbonyl (C=O) groups excluding carboxylic acids is 2. The Morgan fingerprint density at radius 3 is 2.60 bits per heavy atom. The molecule has 1 aromatic carbocycles. The standard InChI is InChI=1S/C29H38BrN5O5/c1-17(2)35-14-19(31-32-35)16-40-25-9-8-23(30)22-10-11-34(28(37)20-6-4-5-7-21(20)29(38)39)24(27(22)25)15-33-13-18(3)12-26(33)36/h8-9,14,17-18,20-21,24H,4-7,10-13,15-16H2,1-3H3,(H,38,39)/t18?,20-,21+,24-/m1/s1. The van der Waals surface area contributed by atoms with Crippen molar-refractivity contribution in [3.63, 3.8) is 0 Å². The van der Waals surface area contributed by atoms with Crippen molar-refractivity contribution >= 4 is 33.7 Å². The van der Waals surface area contributed by atoms with Crippen LogP contribution in [0.1, 0.15) is 81.8 Å². The third-order valence-electron chi connectivity index (χ3n) is 8.52. The van der Waals surface area contributed by atoms with Crippen LogP contribution in [-0.4, -0.2) is 67.3 Å². The largest absolute Gasteiger partial charge is 0.487 e. The molecule has 1 saturated heterocycles. The minimum Gasteiger partial charge on any atom is -0.487 e. The van der Waals surface area contributed by atoms with Crippen LogP contribution in [0, 0.1) is 17.8 Å². The van der Waals surface area contributed by atoms with Crippen molar-refractivity contribution < 1.29 is 24.2 Å². The molecule has 216 valence electrons. The van der Waals surface area contributed by atoms with Crippen molar-refractivity contribution in [2.75, 3.05) is 19.6 Å². The molecule has 2 fully saturated rings. The molecule has 10 nitrogen and oxygen atoms in total. The highest BCUT2D eigenvalue weighted by molar-refractivity contribution is 9.10. The summed E-state index contributed by atoms with van der Waals surface area (Å²) < 4.78 is 9.05. The van der Waals surface area contributed by atoms with Crippen LogP contribution in [0.15, 0.2) is 22.8 Å². The number of carboxylic acid groups (broad SMARTS) is 1. The summed E-state index contributed by atoms with van der Waals surface area (Å²) in [4.78, 5) is 42.8. The van der Waals surface area contributed by atoms with Crippen LogP contribution in [0.5, 0.6) is 5.75 Å². The lowest BCUT2D eigenvalue weighted by Crippen LogP contribution is -2.50. The zero-order valence-corrected chi connectivity index (χ0v) is 25.0. The molecule has 2 amide bonds. The van der Waals surface area contributed by atoms with Crippen LogP contribution in [0.4, 0.5) is 0 Å². The smallest absolute Gasteiger partial charge is 0.307 e. The first kappa shape index (κ1) is 28.6. The van der Waals surface area contributed by atoms with E-state index in [-0.39, 0.29) is 30.4 Å². The van der Waals surface area contributed by atoms with Gasteiger partial charge in [-0.1, -0.05) is 40.9 Å². The number of likely N-dealkylation sites (tertiary alicyclic amines) is 1. The minimum atomic E-state index is -0.906. The molecule has 2 aliphatic heterocycles. The highest BCUT2D eigenvalue weighted by Crippen LogP contribution is 2.43. The van der Waals surface area contributed by atoms with Gasteiger partial charge < -0.3 is 19.6 Å². The predicted octanol–water partition coefficient (Wildman–Crippen LogP) is 4.39. The van der Waals surface area contributed by atoms with Crippen LogP contribution in [0.3, 0.4) is 0 Å². The summed E-state index contributed by atoms with van der Waals surface area (Å²) in [7, 11) is 0. The number of carbonyl (C=O) groups is 3. The maximum atomic E-state index is 14.1. The first-order valence-corrected chi connectivity index (χ1v) is 15.1. The molecular weight excluding hydrogens is 578 g/mol. The van der Waals surface area contributed by atoms with E-state index in [1.165, 1.54) is 0 Å². The van der Waals surface area contributed by atoms with Gasteiger partial charge in [0.15, 0.2) is 0 Å². The molecule has 1 unspecified atom stereocenters. The van der Waals surface area contributed by atoms with Gasteiger partial charge in [-0.05, 0) is 56.7 Å². The van der Waals surface area contributed by atoms with Gasteiger partial charge in [-0.2, -0.15) is 0 Å². The van der Waals surface area contributed by atoms with E-state index < -0.39 is 23.8 Å². The molecule has 2 aromatic rings. The third kappa shape index (κ3) is 5.75. The lowest BCUT2D eigenvalue weighted by atomic mass is 9.77. The van der Waals surface area contributed by atoms with Crippen LogP contribution >= 0.6 is 15.9 Å². The van der Waals surface area contributed by atoms with Gasteiger partial charge in [-0.3, -0.25) is 14.4 Å². The number of rotatable bonds is 8. The number of nitrogens with zero attached hydrogens (tertiary/aromatic N) is 5. The third-order valence-corrected chi connectivity index (χ3v) is 9.26. The van der Waals surface area contributed by atoms with Crippen molar-refractivity contribution in [2.45, 2.75) is 78.0 Å². The van der Waals surface area contributed by atoms with Crippen molar-refractivity contribution in [1.29, 1.82) is 0 Å². The predicted molar refractivity (Wildman–Crippen MR) is 150 cm³/mol. The summed E-state index contributed by atoms with van der Waals surface area (Å²) in [6.45, 7) is 7.78. The zero-order valence-electron chi connectivity index (χ0n) is 23.4. The van der Waals surface area contributed by atoms with Crippen molar-refractivity contribution in [3.8, 4) is 5.75 Å². The highest BCUT2D eigenvalue weighted by Gasteiger charge is 2.43. The van der Waals surface area contributed by atoms with E-state index in [1.807, 2.05) is 42.0 Å². The Hall–Kier alpha value is -2.95. The van der Waals surface area contributed by atoms with E-state index >= 15 is 0 Å². The van der Waals surface area contributed by atoms with Gasteiger partial charge in [0.1, 0.15) is 18.1 Å². The SMILES string of the molecule is CC1CC(=O)N(C[C@@H]2c3c(OCc4cn(C(C)C)nn4)ccc(Br)c3CCN2C(=O)[C@@H]2CCCC[C@@H]2C(=O)O)C1. The van der Waals surface area contributed by atoms with E-state index in [9.17, 15) is 19.5 Å². The fourth-order valence-corrected chi connectivity index (χ4v) is 6.98. The lowest BCUT2D eigenvalue weighted by Gasteiger charge is -2.43. The Morgan fingerprint density at radius 2 is 1.95 bits per heavy atom. The maximum absolute atomic E-state index is 14.1. The van der Waals surface area contributed by atoms with Gasteiger partial charge in [0.05, 0.1) is 24.1 Å². The number of carboxylic acids is 1. The Kier molecular flexibility index (Phi) is 8.49. The molecule has 1 aromatic heterocycles. The number of aliphatic carboxylic acids is 1. The van der Waals surface area contributed by atoms with Gasteiger partial charge in [-0.15, -0.1) is 5.10 Å². The molecule has 0 bridgehead atoms. The molecule has 3 aliphatic rings. The Balaban J connectivity index is 1.50. The van der Waals surface area contributed by atoms with Gasteiger partial charge in [0.25, 0.3) is 0 Å². The Bertz CT molecular complexity index is 1280. The molecule has 0 radical (unpaired) electrons. The van der Waals surface area contributed by atoms with E-state index in [0.717, 1.165) is 28.4 Å². The van der Waals surface area contributed by atoms with E-state index in [1.54, 1.807) is 4.68 Å². The molecule has 1 aliphatic carbocycles. The quantitative estimate of drug-likeness (QED) is 0.468. The molecule has 40 heavy (non-hydrogen) atoms. The van der Waals surface area contributed by atoms with Crippen LogP contribution in [-0.2, 0) is 27.4 Å². The topological polar surface area (TPSA) is 118 Å². The fourth-order valence-electron chi connectivity index (χ4n) is 6.43. The zero-order chi connectivity index (χ0) is 28.6. The van der Waals surface area contributed by atoms with E-state index in [2.05, 4.69) is 33.2 Å². The number of aromatic nitrogens is 3. The number of amides is 2. The number of ether oxygens (including phenoxy) is 1. The van der Waals surface area contributed by atoms with Gasteiger partial charge in [-0.25, -0.2) is 4.68 Å². The summed E-state index contributed by atoms with van der Waals surface area (Å²) in [5.74, 6) is -1.32. The summed E-state index contributed by atoms with van der Waals surface area (Å²) in [5, 5.41) is 18.3. The second-order valence-electron chi connectivity index (χ2n) is 11.8. The van der Waals surface area contributed by atoms with Crippen molar-refractivity contribution in [3.05, 3.63) is 39.6 Å². The van der Waals surface area contributed by atoms with Crippen LogP contribution in [0.2, 0.25) is 0 Å². The second kappa shape index (κ2) is 11.9. The van der Waals surface area contributed by atoms with Crippen LogP contribution in [0.25, 0.3) is 0 Å². The summed E-state index contributed by atoms with van der Waals surface area (Å²) in [6, 6.07) is 3.59. The average Bonchev–Trinajstić information content (AvgIpc) is 3.53. The summed E-state index contributed by atoms with van der Waals surface area (Å²) >= 11 is 3.71. The van der Waals surface area contributed by atoms with Gasteiger partial charge >= 0.3 is 5.97 Å². The second-order valence-corrected chi connectivity index (χ2v) is 12.6. The maximum Gasteiger partial charge on any atom is 0.307 e. The van der Waals surface area contributed by atoms with E-state index in [4.69, 9.17) is 4.74 Å². The van der Waals surface area contributed by atoms with Crippen molar-refractivity contribution in [1.82, 2.24) is 24.8 Å². The molecule has 11 heteroatoms. The number of fused-ring (bicyclic) bond motifs is 1. The Labute approximate surface area is 243 Å². The number of halogens is 1. The summed E-state index contributed by atoms with van der Waals surface area (Å²) in [5.41, 5.74) is 2.62. The highest BCUT2D eigenvalue weighted by atomic mass is 79.9. The van der Waals surface area contributed by atoms with Gasteiger partial charge in [0, 0.05) is 42.1 Å². The van der Waals surface area contributed by atoms with Gasteiger partial charge in [0.2, 0.25) is 11.8 Å². The first-order chi connectivity index (χ1) is 19.1. The molecule has 1 N–H and O–H groups in total. The number of hydrogen-bond acceptors (Lipinski definition) is 6. The fraction of sp³-hybridized carbons (Fsp3) is 0.621. The molecule has 1 saturated carbocycles. The Morgan fingerprint density at radius 1 is 1.20 bits per heavy atom. The number of benzene rings is 1. The van der Waals surface area contributed by atoms with Crippen LogP contribution < -0.4 is 4.74 Å².